The molecule has 10 heteroatoms. The van der Waals surface area contributed by atoms with Crippen molar-refractivity contribution in [2.24, 2.45) is 12.5 Å². The molecule has 0 radical (unpaired) electrons. The van der Waals surface area contributed by atoms with Gasteiger partial charge < -0.3 is 10.2 Å². The lowest BCUT2D eigenvalue weighted by Gasteiger charge is -2.52. The van der Waals surface area contributed by atoms with Crippen LogP contribution in [-0.4, -0.2) is 45.9 Å². The van der Waals surface area contributed by atoms with Gasteiger partial charge in [-0.05, 0) is 38.1 Å². The number of rotatable bonds is 2. The van der Waals surface area contributed by atoms with Crippen LogP contribution in [0.1, 0.15) is 12.8 Å². The second-order valence-electron chi connectivity index (χ2n) is 7.93. The van der Waals surface area contributed by atoms with E-state index >= 15 is 0 Å². The standard InChI is InChI=1S/C19H19FN6S2.ClH/c1-25-8-12-6-11(7-13(20)14(12)24-25)15-22-16-17(27-15)23-18(28-16)26-9-19(10-26)2-4-21-5-3-19;/h6-8,21H,2-5,9-10H2,1H3;1H. The Kier molecular flexibility index (Phi) is 4.54. The van der Waals surface area contributed by atoms with E-state index in [-0.39, 0.29) is 18.2 Å². The van der Waals surface area contributed by atoms with E-state index in [0.717, 1.165) is 56.9 Å². The number of hydrogen-bond donors (Lipinski definition) is 1. The van der Waals surface area contributed by atoms with E-state index in [1.54, 1.807) is 23.1 Å². The third-order valence-corrected chi connectivity index (χ3v) is 8.01. The molecule has 0 amide bonds. The smallest absolute Gasteiger partial charge is 0.188 e. The van der Waals surface area contributed by atoms with Crippen molar-refractivity contribution in [3.05, 3.63) is 24.1 Å². The summed E-state index contributed by atoms with van der Waals surface area (Å²) in [7, 11) is 1.80. The lowest BCUT2D eigenvalue weighted by atomic mass is 9.73. The predicted molar refractivity (Wildman–Crippen MR) is 119 cm³/mol. The van der Waals surface area contributed by atoms with Crippen LogP contribution in [0.4, 0.5) is 9.52 Å². The summed E-state index contributed by atoms with van der Waals surface area (Å²) in [5, 5.41) is 10.3. The van der Waals surface area contributed by atoms with Crippen LogP contribution >= 0.6 is 35.1 Å². The van der Waals surface area contributed by atoms with Crippen molar-refractivity contribution in [3.8, 4) is 10.6 Å². The van der Waals surface area contributed by atoms with E-state index in [1.807, 2.05) is 12.3 Å². The first-order chi connectivity index (χ1) is 13.6. The van der Waals surface area contributed by atoms with Gasteiger partial charge in [-0.3, -0.25) is 4.68 Å². The normalized spacial score (nSPS) is 18.3. The number of halogens is 2. The lowest BCUT2D eigenvalue weighted by molar-refractivity contribution is 0.150. The molecule has 0 saturated carbocycles. The topological polar surface area (TPSA) is 58.9 Å². The van der Waals surface area contributed by atoms with Gasteiger partial charge in [0.25, 0.3) is 0 Å². The predicted octanol–water partition coefficient (Wildman–Crippen LogP) is 4.06. The molecule has 2 fully saturated rings. The fourth-order valence-electron chi connectivity index (χ4n) is 4.40. The monoisotopic (exact) mass is 450 g/mol. The van der Waals surface area contributed by atoms with E-state index in [2.05, 4.69) is 15.3 Å². The summed E-state index contributed by atoms with van der Waals surface area (Å²) in [5.74, 6) is -0.312. The number of fused-ring (bicyclic) bond motifs is 2. The number of benzene rings is 1. The van der Waals surface area contributed by atoms with Gasteiger partial charge in [-0.25, -0.2) is 14.4 Å². The van der Waals surface area contributed by atoms with E-state index in [0.29, 0.717) is 10.9 Å². The number of aromatic nitrogens is 4. The van der Waals surface area contributed by atoms with Gasteiger partial charge in [-0.15, -0.1) is 12.4 Å². The summed E-state index contributed by atoms with van der Waals surface area (Å²) in [4.78, 5) is 13.8. The number of piperidine rings is 1. The molecule has 2 saturated heterocycles. The molecule has 5 heterocycles. The van der Waals surface area contributed by atoms with Crippen LogP contribution in [-0.2, 0) is 7.05 Å². The zero-order chi connectivity index (χ0) is 18.9. The Hall–Kier alpha value is -1.81. The molecule has 0 aliphatic carbocycles. The zero-order valence-corrected chi connectivity index (χ0v) is 18.3. The molecule has 6 rings (SSSR count). The summed E-state index contributed by atoms with van der Waals surface area (Å²) < 4.78 is 16.0. The third kappa shape index (κ3) is 3.11. The quantitative estimate of drug-likeness (QED) is 0.499. The van der Waals surface area contributed by atoms with Gasteiger partial charge in [0, 0.05) is 42.7 Å². The van der Waals surface area contributed by atoms with Crippen molar-refractivity contribution in [2.75, 3.05) is 31.1 Å². The molecule has 6 nitrogen and oxygen atoms in total. The Labute approximate surface area is 181 Å². The van der Waals surface area contributed by atoms with Gasteiger partial charge in [0.05, 0.1) is 0 Å². The molecule has 4 aromatic rings. The number of nitrogens with zero attached hydrogens (tertiary/aromatic N) is 5. The summed E-state index contributed by atoms with van der Waals surface area (Å²) in [6.07, 6.45) is 4.34. The fourth-order valence-corrected chi connectivity index (χ4v) is 6.42. The number of thiazole rings is 2. The molecule has 3 aromatic heterocycles. The number of nitrogens with one attached hydrogen (secondary N) is 1. The molecule has 152 valence electrons. The maximum Gasteiger partial charge on any atom is 0.188 e. The zero-order valence-electron chi connectivity index (χ0n) is 15.8. The molecule has 0 unspecified atom stereocenters. The minimum Gasteiger partial charge on any atom is -0.347 e. The Morgan fingerprint density at radius 3 is 2.62 bits per heavy atom. The van der Waals surface area contributed by atoms with Gasteiger partial charge in [0.15, 0.2) is 20.6 Å². The minimum atomic E-state index is -0.312. The first kappa shape index (κ1) is 19.2. The van der Waals surface area contributed by atoms with Gasteiger partial charge in [-0.1, -0.05) is 22.7 Å². The highest BCUT2D eigenvalue weighted by Crippen LogP contribution is 2.44. The Morgan fingerprint density at radius 2 is 1.86 bits per heavy atom. The van der Waals surface area contributed by atoms with E-state index in [1.165, 1.54) is 30.2 Å². The first-order valence-electron chi connectivity index (χ1n) is 9.45. The summed E-state index contributed by atoms with van der Waals surface area (Å²) >= 11 is 3.18. The van der Waals surface area contributed by atoms with Gasteiger partial charge in [0.2, 0.25) is 0 Å². The second-order valence-corrected chi connectivity index (χ2v) is 9.86. The Balaban J connectivity index is 0.00000181. The number of anilines is 1. The largest absolute Gasteiger partial charge is 0.347 e. The van der Waals surface area contributed by atoms with Crippen molar-refractivity contribution in [1.29, 1.82) is 0 Å². The van der Waals surface area contributed by atoms with Gasteiger partial charge in [0.1, 0.15) is 10.5 Å². The van der Waals surface area contributed by atoms with E-state index in [9.17, 15) is 4.39 Å². The summed E-state index contributed by atoms with van der Waals surface area (Å²) in [6.45, 7) is 4.46. The van der Waals surface area contributed by atoms with E-state index in [4.69, 9.17) is 9.97 Å². The Morgan fingerprint density at radius 1 is 1.10 bits per heavy atom. The average molecular weight is 451 g/mol. The lowest BCUT2D eigenvalue weighted by Crippen LogP contribution is -2.60. The summed E-state index contributed by atoms with van der Waals surface area (Å²) in [5.41, 5.74) is 1.67. The SMILES string of the molecule is Cl.Cn1cc2cc(-c3nc4sc(N5CC6(CCNCC6)C5)nc4s3)cc(F)c2n1. The maximum atomic E-state index is 14.4. The molecular formula is C19H20ClFN6S2. The molecule has 1 aromatic carbocycles. The molecule has 29 heavy (non-hydrogen) atoms. The molecule has 1 N–H and O–H groups in total. The highest BCUT2D eigenvalue weighted by atomic mass is 35.5. The fraction of sp³-hybridized carbons (Fsp3) is 0.421. The number of hydrogen-bond acceptors (Lipinski definition) is 7. The van der Waals surface area contributed by atoms with Crippen LogP contribution in [0, 0.1) is 11.2 Å². The van der Waals surface area contributed by atoms with Crippen molar-refractivity contribution < 1.29 is 4.39 Å². The summed E-state index contributed by atoms with van der Waals surface area (Å²) in [6, 6.07) is 3.47. The second kappa shape index (κ2) is 6.87. The average Bonchev–Trinajstić information content (AvgIpc) is 3.32. The minimum absolute atomic E-state index is 0. The third-order valence-electron chi connectivity index (χ3n) is 5.88. The highest BCUT2D eigenvalue weighted by molar-refractivity contribution is 7.29. The molecule has 0 atom stereocenters. The van der Waals surface area contributed by atoms with Gasteiger partial charge in [-0.2, -0.15) is 5.10 Å². The van der Waals surface area contributed by atoms with Crippen LogP contribution < -0.4 is 10.2 Å². The Bertz CT molecular complexity index is 1170. The molecular weight excluding hydrogens is 431 g/mol. The van der Waals surface area contributed by atoms with Crippen LogP contribution in [0.15, 0.2) is 18.3 Å². The highest BCUT2D eigenvalue weighted by Gasteiger charge is 2.44. The van der Waals surface area contributed by atoms with Crippen molar-refractivity contribution in [3.63, 3.8) is 0 Å². The molecule has 0 bridgehead atoms. The van der Waals surface area contributed by atoms with Crippen LogP contribution in [0.25, 0.3) is 31.1 Å². The number of aryl methyl sites for hydroxylation is 1. The molecule has 1 spiro atoms. The van der Waals surface area contributed by atoms with Crippen LogP contribution in [0.5, 0.6) is 0 Å². The van der Waals surface area contributed by atoms with Crippen molar-refractivity contribution >= 4 is 60.8 Å². The van der Waals surface area contributed by atoms with Crippen LogP contribution in [0.2, 0.25) is 0 Å². The molecule has 2 aliphatic heterocycles. The molecule has 2 aliphatic rings. The van der Waals surface area contributed by atoms with Crippen molar-refractivity contribution in [2.45, 2.75) is 12.8 Å². The first-order valence-corrected chi connectivity index (χ1v) is 11.1. The maximum absolute atomic E-state index is 14.4. The van der Waals surface area contributed by atoms with Crippen molar-refractivity contribution in [1.82, 2.24) is 25.1 Å². The van der Waals surface area contributed by atoms with E-state index < -0.39 is 0 Å². The van der Waals surface area contributed by atoms with Crippen LogP contribution in [0.3, 0.4) is 0 Å². The van der Waals surface area contributed by atoms with Gasteiger partial charge >= 0.3 is 0 Å².